The number of nitrogens with zero attached hydrogens (tertiary/aromatic N) is 5. The molecule has 1 aromatic carbocycles. The van der Waals surface area contributed by atoms with Crippen LogP contribution in [0.1, 0.15) is 42.5 Å². The number of aliphatic hydroxyl groups excluding tert-OH is 1. The number of aromatic nitrogens is 2. The number of hydrogen-bond acceptors (Lipinski definition) is 8. The largest absolute Gasteiger partial charge is 0.481 e. The standard InChI is InChI=1S/C30H41F4N5O5S2/c1-46(43,44)38-13-8-26-24(19-38)28(35-39(26)18-23(40)17-37-9-4-20(5-10-37)29(41)42)21-2-3-25(30(32,33)34)27(16-21)45-15-14-36-11-6-22(31)7-12-36/h2-3,16,20,22-23,40H,4-15,17-19H2,1H3,(H,41,42). The summed E-state index contributed by atoms with van der Waals surface area (Å²) in [5.41, 5.74) is 1.35. The third-order valence-corrected chi connectivity index (χ3v) is 11.4. The number of sulfonamides is 1. The Hall–Kier alpha value is -2.24. The van der Waals surface area contributed by atoms with Gasteiger partial charge in [0.2, 0.25) is 10.0 Å². The molecule has 0 amide bonds. The Bertz CT molecular complexity index is 1490. The average molecular weight is 692 g/mol. The van der Waals surface area contributed by atoms with E-state index in [9.17, 15) is 41.0 Å². The van der Waals surface area contributed by atoms with Gasteiger partial charge in [-0.2, -0.15) is 22.6 Å². The summed E-state index contributed by atoms with van der Waals surface area (Å²) in [4.78, 5) is 15.4. The molecule has 5 rings (SSSR count). The Kier molecular flexibility index (Phi) is 11.0. The molecule has 4 heterocycles. The van der Waals surface area contributed by atoms with Crippen LogP contribution >= 0.6 is 11.8 Å². The number of benzene rings is 1. The Morgan fingerprint density at radius 1 is 1.07 bits per heavy atom. The third kappa shape index (κ3) is 8.61. The molecule has 1 unspecified atom stereocenters. The summed E-state index contributed by atoms with van der Waals surface area (Å²) in [5, 5.41) is 25.0. The van der Waals surface area contributed by atoms with Crippen molar-refractivity contribution in [3.8, 4) is 11.3 Å². The number of carboxylic acid groups (broad SMARTS) is 1. The van der Waals surface area contributed by atoms with Crippen molar-refractivity contribution >= 4 is 27.8 Å². The average Bonchev–Trinajstić information content (AvgIpc) is 3.34. The lowest BCUT2D eigenvalue weighted by atomic mass is 9.97. The summed E-state index contributed by atoms with van der Waals surface area (Å²) in [7, 11) is -3.55. The van der Waals surface area contributed by atoms with Crippen molar-refractivity contribution in [3.63, 3.8) is 0 Å². The highest BCUT2D eigenvalue weighted by molar-refractivity contribution is 7.99. The highest BCUT2D eigenvalue weighted by Gasteiger charge is 2.35. The molecule has 0 saturated carbocycles. The van der Waals surface area contributed by atoms with Crippen LogP contribution in [-0.4, -0.2) is 119 Å². The number of carbonyl (C=O) groups is 1. The Labute approximate surface area is 270 Å². The fourth-order valence-corrected chi connectivity index (χ4v) is 8.39. The van der Waals surface area contributed by atoms with Crippen molar-refractivity contribution < 1.29 is 41.0 Å². The number of halogens is 4. The minimum Gasteiger partial charge on any atom is -0.481 e. The first-order valence-corrected chi connectivity index (χ1v) is 18.4. The third-order valence-electron chi connectivity index (χ3n) is 9.10. The van der Waals surface area contributed by atoms with Gasteiger partial charge in [0, 0.05) is 73.2 Å². The van der Waals surface area contributed by atoms with E-state index in [0.717, 1.165) is 29.8 Å². The Morgan fingerprint density at radius 2 is 1.74 bits per heavy atom. The second kappa shape index (κ2) is 14.5. The van der Waals surface area contributed by atoms with Gasteiger partial charge in [0.1, 0.15) is 6.17 Å². The summed E-state index contributed by atoms with van der Waals surface area (Å²) < 4.78 is 83.5. The molecule has 2 fully saturated rings. The summed E-state index contributed by atoms with van der Waals surface area (Å²) in [5.74, 6) is -0.831. The number of hydrogen-bond donors (Lipinski definition) is 2. The number of piperidine rings is 2. The second-order valence-corrected chi connectivity index (χ2v) is 15.6. The Morgan fingerprint density at radius 3 is 2.37 bits per heavy atom. The smallest absolute Gasteiger partial charge is 0.417 e. The van der Waals surface area contributed by atoms with Crippen LogP contribution in [0.5, 0.6) is 0 Å². The van der Waals surface area contributed by atoms with Gasteiger partial charge in [-0.3, -0.25) is 9.48 Å². The number of β-amino-alcohol motifs (C(OH)–C–C–N with tert-alkyl or cyclic N) is 1. The van der Waals surface area contributed by atoms with E-state index in [1.54, 1.807) is 4.68 Å². The van der Waals surface area contributed by atoms with Gasteiger partial charge in [0.15, 0.2) is 0 Å². The first kappa shape index (κ1) is 35.1. The van der Waals surface area contributed by atoms with Gasteiger partial charge in [-0.1, -0.05) is 6.07 Å². The molecule has 2 saturated heterocycles. The number of rotatable bonds is 11. The molecule has 3 aliphatic rings. The molecular weight excluding hydrogens is 650 g/mol. The van der Waals surface area contributed by atoms with Gasteiger partial charge in [-0.15, -0.1) is 11.8 Å². The van der Waals surface area contributed by atoms with Crippen LogP contribution in [0.2, 0.25) is 0 Å². The van der Waals surface area contributed by atoms with Crippen molar-refractivity contribution in [1.29, 1.82) is 0 Å². The SMILES string of the molecule is CS(=O)(=O)N1CCc2c(c(-c3ccc(C(F)(F)F)c(SCCN4CCC(F)CC4)c3)nn2CC(O)CN2CCC(C(=O)O)CC2)C1. The molecular formula is C30H41F4N5O5S2. The minimum atomic E-state index is -4.58. The fourth-order valence-electron chi connectivity index (χ4n) is 6.48. The molecule has 1 aromatic heterocycles. The summed E-state index contributed by atoms with van der Waals surface area (Å²) in [6.45, 7) is 3.37. The molecule has 0 aliphatic carbocycles. The van der Waals surface area contributed by atoms with Gasteiger partial charge in [0.05, 0.1) is 36.1 Å². The Balaban J connectivity index is 1.39. The van der Waals surface area contributed by atoms with E-state index in [-0.39, 0.29) is 24.5 Å². The number of aliphatic carboxylic acids is 1. The topological polar surface area (TPSA) is 119 Å². The summed E-state index contributed by atoms with van der Waals surface area (Å²) >= 11 is 1.08. The number of fused-ring (bicyclic) bond motifs is 1. The van der Waals surface area contributed by atoms with E-state index >= 15 is 0 Å². The molecule has 0 bridgehead atoms. The van der Waals surface area contributed by atoms with Gasteiger partial charge < -0.3 is 20.0 Å². The second-order valence-electron chi connectivity index (χ2n) is 12.4. The van der Waals surface area contributed by atoms with Crippen molar-refractivity contribution in [1.82, 2.24) is 23.9 Å². The number of likely N-dealkylation sites (tertiary alicyclic amines) is 2. The predicted molar refractivity (Wildman–Crippen MR) is 166 cm³/mol. The first-order valence-electron chi connectivity index (χ1n) is 15.6. The van der Waals surface area contributed by atoms with Gasteiger partial charge in [0.25, 0.3) is 0 Å². The molecule has 2 aromatic rings. The molecule has 46 heavy (non-hydrogen) atoms. The van der Waals surface area contributed by atoms with Crippen molar-refractivity contribution in [2.45, 2.75) is 68.5 Å². The summed E-state index contributed by atoms with van der Waals surface area (Å²) in [6.07, 6.45) is -3.00. The highest BCUT2D eigenvalue weighted by Crippen LogP contribution is 2.40. The van der Waals surface area contributed by atoms with E-state index in [1.165, 1.54) is 16.4 Å². The normalized spacial score (nSPS) is 20.6. The van der Waals surface area contributed by atoms with Crippen molar-refractivity contribution in [2.24, 2.45) is 5.92 Å². The molecule has 0 spiro atoms. The van der Waals surface area contributed by atoms with E-state index < -0.39 is 45.9 Å². The maximum atomic E-state index is 14.0. The van der Waals surface area contributed by atoms with Crippen LogP contribution in [0, 0.1) is 5.92 Å². The number of alkyl halides is 4. The monoisotopic (exact) mass is 691 g/mol. The number of aliphatic hydroxyl groups is 1. The van der Waals surface area contributed by atoms with E-state index in [1.807, 2.05) is 4.90 Å². The lowest BCUT2D eigenvalue weighted by Gasteiger charge is -2.31. The van der Waals surface area contributed by atoms with Crippen LogP contribution < -0.4 is 0 Å². The molecule has 1 atom stereocenters. The summed E-state index contributed by atoms with van der Waals surface area (Å²) in [6, 6.07) is 3.84. The predicted octanol–water partition coefficient (Wildman–Crippen LogP) is 3.57. The van der Waals surface area contributed by atoms with Gasteiger partial charge >= 0.3 is 12.1 Å². The molecule has 2 N–H and O–H groups in total. The molecule has 16 heteroatoms. The highest BCUT2D eigenvalue weighted by atomic mass is 32.2. The molecule has 256 valence electrons. The fraction of sp³-hybridized carbons (Fsp3) is 0.667. The molecule has 3 aliphatic heterocycles. The zero-order valence-corrected chi connectivity index (χ0v) is 27.4. The number of thioether (sulfide) groups is 1. The van der Waals surface area contributed by atoms with Crippen LogP contribution in [0.25, 0.3) is 11.3 Å². The van der Waals surface area contributed by atoms with Crippen LogP contribution in [0.15, 0.2) is 23.1 Å². The maximum Gasteiger partial charge on any atom is 0.417 e. The quantitative estimate of drug-likeness (QED) is 0.269. The van der Waals surface area contributed by atoms with Gasteiger partial charge in [-0.25, -0.2) is 12.8 Å². The molecule has 10 nitrogen and oxygen atoms in total. The van der Waals surface area contributed by atoms with Crippen molar-refractivity contribution in [2.75, 3.05) is 57.8 Å². The van der Waals surface area contributed by atoms with E-state index in [0.29, 0.717) is 93.9 Å². The van der Waals surface area contributed by atoms with Gasteiger partial charge in [-0.05, 0) is 50.9 Å². The zero-order chi connectivity index (χ0) is 33.2. The van der Waals surface area contributed by atoms with Crippen LogP contribution in [0.3, 0.4) is 0 Å². The minimum absolute atomic E-state index is 0.0102. The van der Waals surface area contributed by atoms with Crippen LogP contribution in [0.4, 0.5) is 17.6 Å². The first-order chi connectivity index (χ1) is 21.7. The molecule has 0 radical (unpaired) electrons. The lowest BCUT2D eigenvalue weighted by molar-refractivity contribution is -0.143. The van der Waals surface area contributed by atoms with E-state index in [2.05, 4.69) is 4.90 Å². The number of carboxylic acids is 1. The zero-order valence-electron chi connectivity index (χ0n) is 25.8. The lowest BCUT2D eigenvalue weighted by Crippen LogP contribution is -2.42. The maximum absolute atomic E-state index is 14.0. The van der Waals surface area contributed by atoms with Crippen molar-refractivity contribution in [3.05, 3.63) is 35.0 Å². The van der Waals surface area contributed by atoms with E-state index in [4.69, 9.17) is 5.10 Å². The van der Waals surface area contributed by atoms with Crippen LogP contribution in [-0.2, 0) is 40.5 Å².